The number of benzene rings is 1. The van der Waals surface area contributed by atoms with Crippen molar-refractivity contribution in [1.82, 2.24) is 19.5 Å². The molecule has 0 unspecified atom stereocenters. The van der Waals surface area contributed by atoms with E-state index in [0.717, 1.165) is 5.56 Å². The van der Waals surface area contributed by atoms with Gasteiger partial charge in [-0.15, -0.1) is 0 Å². The predicted molar refractivity (Wildman–Crippen MR) is 96.0 cm³/mol. The third-order valence-corrected chi connectivity index (χ3v) is 5.12. The van der Waals surface area contributed by atoms with Crippen molar-refractivity contribution in [3.05, 3.63) is 39.7 Å². The number of nitrogens with one attached hydrogen (secondary N) is 1. The molecular weight excluding hydrogens is 352 g/mol. The maximum atomic E-state index is 12.8. The van der Waals surface area contributed by atoms with Gasteiger partial charge in [-0.3, -0.25) is 19.5 Å². The zero-order valence-electron chi connectivity index (χ0n) is 14.6. The number of aliphatic carboxylic acids is 1. The minimum Gasteiger partial charge on any atom is -0.504 e. The number of carboxylic acids is 1. The molecule has 0 aliphatic carbocycles. The lowest BCUT2D eigenvalue weighted by atomic mass is 9.96. The van der Waals surface area contributed by atoms with Gasteiger partial charge in [-0.05, 0) is 31.4 Å². The second-order valence-corrected chi connectivity index (χ2v) is 6.78. The molecule has 3 heterocycles. The van der Waals surface area contributed by atoms with Gasteiger partial charge in [0.1, 0.15) is 0 Å². The quantitative estimate of drug-likeness (QED) is 0.620. The zero-order valence-corrected chi connectivity index (χ0v) is 14.6. The molecule has 0 spiro atoms. The normalized spacial score (nSPS) is 15.5. The van der Waals surface area contributed by atoms with Gasteiger partial charge in [-0.2, -0.15) is 0 Å². The van der Waals surface area contributed by atoms with Gasteiger partial charge in [0, 0.05) is 13.1 Å². The first-order chi connectivity index (χ1) is 12.9. The van der Waals surface area contributed by atoms with E-state index in [2.05, 4.69) is 10.1 Å². The van der Waals surface area contributed by atoms with Crippen molar-refractivity contribution >= 4 is 28.6 Å². The number of carbonyl (C=O) groups excluding carboxylic acids is 1. The summed E-state index contributed by atoms with van der Waals surface area (Å²) >= 11 is 0. The first-order valence-electron chi connectivity index (χ1n) is 8.63. The SMILES string of the molecule is Cc1cccc2c1nc1c(O)c(C(=O)N3CCC(C(=O)O)CC3)c(=O)[nH]n12. The highest BCUT2D eigenvalue weighted by Gasteiger charge is 2.31. The smallest absolute Gasteiger partial charge is 0.306 e. The van der Waals surface area contributed by atoms with Gasteiger partial charge in [0.2, 0.25) is 0 Å². The number of fused-ring (bicyclic) bond motifs is 3. The molecule has 140 valence electrons. The Labute approximate surface area is 152 Å². The van der Waals surface area contributed by atoms with Crippen LogP contribution >= 0.6 is 0 Å². The molecule has 0 radical (unpaired) electrons. The van der Waals surface area contributed by atoms with Crippen LogP contribution in [0.1, 0.15) is 28.8 Å². The van der Waals surface area contributed by atoms with E-state index in [0.29, 0.717) is 23.9 Å². The van der Waals surface area contributed by atoms with Gasteiger partial charge in [-0.1, -0.05) is 12.1 Å². The van der Waals surface area contributed by atoms with E-state index in [1.54, 1.807) is 6.07 Å². The lowest BCUT2D eigenvalue weighted by Crippen LogP contribution is -2.42. The molecule has 1 aliphatic heterocycles. The van der Waals surface area contributed by atoms with Crippen LogP contribution in [-0.2, 0) is 4.79 Å². The number of aryl methyl sites for hydroxylation is 1. The van der Waals surface area contributed by atoms with Crippen LogP contribution in [-0.4, -0.2) is 54.7 Å². The minimum atomic E-state index is -0.886. The second-order valence-electron chi connectivity index (χ2n) is 6.78. The molecule has 1 saturated heterocycles. The number of piperidine rings is 1. The molecule has 4 rings (SSSR count). The molecule has 0 atom stereocenters. The molecule has 0 saturated carbocycles. The van der Waals surface area contributed by atoms with E-state index in [-0.39, 0.29) is 24.3 Å². The summed E-state index contributed by atoms with van der Waals surface area (Å²) in [5.74, 6) is -2.48. The summed E-state index contributed by atoms with van der Waals surface area (Å²) < 4.78 is 1.37. The maximum Gasteiger partial charge on any atom is 0.306 e. The Morgan fingerprint density at radius 3 is 2.63 bits per heavy atom. The molecule has 27 heavy (non-hydrogen) atoms. The number of hydrogen-bond acceptors (Lipinski definition) is 5. The molecule has 3 N–H and O–H groups in total. The monoisotopic (exact) mass is 370 g/mol. The van der Waals surface area contributed by atoms with Crippen molar-refractivity contribution in [2.45, 2.75) is 19.8 Å². The number of aromatic amines is 1. The van der Waals surface area contributed by atoms with Crippen LogP contribution in [0.3, 0.4) is 0 Å². The number of likely N-dealkylation sites (tertiary alicyclic amines) is 1. The number of para-hydroxylation sites is 1. The Morgan fingerprint density at radius 1 is 1.26 bits per heavy atom. The summed E-state index contributed by atoms with van der Waals surface area (Å²) in [6, 6.07) is 5.44. The zero-order chi connectivity index (χ0) is 19.3. The fourth-order valence-electron chi connectivity index (χ4n) is 3.57. The Bertz CT molecular complexity index is 1140. The lowest BCUT2D eigenvalue weighted by molar-refractivity contribution is -0.143. The van der Waals surface area contributed by atoms with Crippen LogP contribution in [0.15, 0.2) is 23.0 Å². The number of imidazole rings is 1. The van der Waals surface area contributed by atoms with E-state index in [4.69, 9.17) is 5.11 Å². The Hall–Kier alpha value is -3.36. The summed E-state index contributed by atoms with van der Waals surface area (Å²) in [5, 5.41) is 22.3. The van der Waals surface area contributed by atoms with Crippen LogP contribution < -0.4 is 5.56 Å². The highest BCUT2D eigenvalue weighted by Crippen LogP contribution is 2.27. The molecule has 1 amide bonds. The predicted octanol–water partition coefficient (Wildman–Crippen LogP) is 1.13. The van der Waals surface area contributed by atoms with E-state index in [9.17, 15) is 19.5 Å². The number of H-pyrrole nitrogens is 1. The van der Waals surface area contributed by atoms with Crippen LogP contribution in [0, 0.1) is 12.8 Å². The average Bonchev–Trinajstić information content (AvgIpc) is 3.02. The molecule has 3 aromatic rings. The number of aromatic hydroxyl groups is 1. The van der Waals surface area contributed by atoms with Gasteiger partial charge >= 0.3 is 5.97 Å². The van der Waals surface area contributed by atoms with Crippen molar-refractivity contribution in [2.24, 2.45) is 5.92 Å². The van der Waals surface area contributed by atoms with Gasteiger partial charge < -0.3 is 15.1 Å². The topological polar surface area (TPSA) is 128 Å². The van der Waals surface area contributed by atoms with Gasteiger partial charge in [0.25, 0.3) is 11.5 Å². The summed E-state index contributed by atoms with van der Waals surface area (Å²) in [4.78, 5) is 42.2. The summed E-state index contributed by atoms with van der Waals surface area (Å²) in [5.41, 5.74) is 1.13. The molecular formula is C18H18N4O5. The van der Waals surface area contributed by atoms with E-state index in [1.165, 1.54) is 9.42 Å². The molecule has 1 aliphatic rings. The van der Waals surface area contributed by atoms with E-state index in [1.807, 2.05) is 19.1 Å². The fourth-order valence-corrected chi connectivity index (χ4v) is 3.57. The molecule has 1 fully saturated rings. The Balaban J connectivity index is 1.77. The van der Waals surface area contributed by atoms with Crippen molar-refractivity contribution in [3.63, 3.8) is 0 Å². The Kier molecular flexibility index (Phi) is 3.87. The highest BCUT2D eigenvalue weighted by molar-refractivity contribution is 5.99. The fraction of sp³-hybridized carbons (Fsp3) is 0.333. The minimum absolute atomic E-state index is 0.0997. The standard InChI is InChI=1S/C18H18N4O5/c1-9-3-2-4-11-13(9)19-15-14(23)12(16(24)20-22(11)15)17(25)21-7-5-10(6-8-21)18(26)27/h2-4,10,23H,5-8H2,1H3,(H,20,24)(H,26,27). The van der Waals surface area contributed by atoms with Crippen LogP contribution in [0.2, 0.25) is 0 Å². The molecule has 0 bridgehead atoms. The second kappa shape index (κ2) is 6.11. The number of hydrogen-bond donors (Lipinski definition) is 3. The van der Waals surface area contributed by atoms with Crippen LogP contribution in [0.5, 0.6) is 5.75 Å². The third-order valence-electron chi connectivity index (χ3n) is 5.12. The van der Waals surface area contributed by atoms with Crippen molar-refractivity contribution in [1.29, 1.82) is 0 Å². The number of rotatable bonds is 2. The Morgan fingerprint density at radius 2 is 1.96 bits per heavy atom. The van der Waals surface area contributed by atoms with Crippen molar-refractivity contribution in [2.75, 3.05) is 13.1 Å². The van der Waals surface area contributed by atoms with E-state index >= 15 is 0 Å². The highest BCUT2D eigenvalue weighted by atomic mass is 16.4. The largest absolute Gasteiger partial charge is 0.504 e. The first-order valence-corrected chi connectivity index (χ1v) is 8.63. The number of amides is 1. The third kappa shape index (κ3) is 2.62. The van der Waals surface area contributed by atoms with Gasteiger partial charge in [0.05, 0.1) is 17.0 Å². The number of aromatic nitrogens is 3. The molecule has 1 aromatic carbocycles. The number of carboxylic acid groups (broad SMARTS) is 1. The van der Waals surface area contributed by atoms with Crippen LogP contribution in [0.4, 0.5) is 0 Å². The summed E-state index contributed by atoms with van der Waals surface area (Å²) in [7, 11) is 0. The molecule has 9 nitrogen and oxygen atoms in total. The number of carbonyl (C=O) groups is 2. The van der Waals surface area contributed by atoms with Gasteiger partial charge in [0.15, 0.2) is 17.0 Å². The summed E-state index contributed by atoms with van der Waals surface area (Å²) in [6.45, 7) is 2.30. The lowest BCUT2D eigenvalue weighted by Gasteiger charge is -2.30. The summed E-state index contributed by atoms with van der Waals surface area (Å²) in [6.07, 6.45) is 0.628. The molecule has 9 heteroatoms. The van der Waals surface area contributed by atoms with Crippen molar-refractivity contribution in [3.8, 4) is 5.75 Å². The van der Waals surface area contributed by atoms with Crippen molar-refractivity contribution < 1.29 is 19.8 Å². The maximum absolute atomic E-state index is 12.8. The first kappa shape index (κ1) is 17.1. The number of nitrogens with zero attached hydrogens (tertiary/aromatic N) is 3. The van der Waals surface area contributed by atoms with Crippen LogP contribution in [0.25, 0.3) is 16.7 Å². The van der Waals surface area contributed by atoms with E-state index < -0.39 is 29.1 Å². The molecule has 2 aromatic heterocycles. The van der Waals surface area contributed by atoms with Gasteiger partial charge in [-0.25, -0.2) is 9.50 Å². The average molecular weight is 370 g/mol.